The molecule has 1 atom stereocenters. The first-order valence-corrected chi connectivity index (χ1v) is 4.98. The van der Waals surface area contributed by atoms with Crippen molar-refractivity contribution in [2.75, 3.05) is 24.5 Å². The lowest BCUT2D eigenvalue weighted by Crippen LogP contribution is -2.24. The molecule has 0 aliphatic carbocycles. The van der Waals surface area contributed by atoms with Gasteiger partial charge in [0.15, 0.2) is 0 Å². The third kappa shape index (κ3) is 3.73. The number of rotatable bonds is 6. The van der Waals surface area contributed by atoms with Gasteiger partial charge >= 0.3 is 0 Å². The van der Waals surface area contributed by atoms with Gasteiger partial charge in [0.2, 0.25) is 0 Å². The second-order valence-electron chi connectivity index (χ2n) is 3.28. The fraction of sp³-hybridized carbons (Fsp3) is 0.500. The zero-order chi connectivity index (χ0) is 11.1. The highest BCUT2D eigenvalue weighted by Crippen LogP contribution is 2.13. The van der Waals surface area contributed by atoms with E-state index in [9.17, 15) is 0 Å². The lowest BCUT2D eigenvalue weighted by atomic mass is 10.2. The topological polar surface area (TPSA) is 72.2 Å². The molecule has 0 aliphatic heterocycles. The Bertz CT molecular complexity index is 293. The zero-order valence-corrected chi connectivity index (χ0v) is 9.16. The first kappa shape index (κ1) is 11.7. The number of hydrazine groups is 1. The number of nitrogens with one attached hydrogen (secondary N) is 2. The molecular weight excluding hydrogens is 192 g/mol. The van der Waals surface area contributed by atoms with E-state index in [2.05, 4.69) is 22.7 Å². The van der Waals surface area contributed by atoms with E-state index in [4.69, 9.17) is 10.6 Å². The minimum Gasteiger partial charge on any atom is -0.383 e. The molecule has 0 saturated carbocycles. The van der Waals surface area contributed by atoms with Crippen LogP contribution in [0.15, 0.2) is 18.3 Å². The second kappa shape index (κ2) is 6.21. The van der Waals surface area contributed by atoms with Gasteiger partial charge in [-0.1, -0.05) is 6.92 Å². The molecule has 0 bridgehead atoms. The van der Waals surface area contributed by atoms with Crippen LogP contribution in [0.3, 0.4) is 0 Å². The van der Waals surface area contributed by atoms with Crippen molar-refractivity contribution in [2.24, 2.45) is 5.84 Å². The SMILES string of the molecule is CCC(COC)Nc1ccnc(NN)c1. The van der Waals surface area contributed by atoms with Crippen molar-refractivity contribution in [2.45, 2.75) is 19.4 Å². The van der Waals surface area contributed by atoms with Crippen molar-refractivity contribution in [3.05, 3.63) is 18.3 Å². The largest absolute Gasteiger partial charge is 0.383 e. The summed E-state index contributed by atoms with van der Waals surface area (Å²) in [4.78, 5) is 4.03. The summed E-state index contributed by atoms with van der Waals surface area (Å²) in [5, 5.41) is 3.34. The van der Waals surface area contributed by atoms with Gasteiger partial charge in [0.1, 0.15) is 5.82 Å². The highest BCUT2D eigenvalue weighted by Gasteiger charge is 2.05. The van der Waals surface area contributed by atoms with Gasteiger partial charge in [-0.15, -0.1) is 0 Å². The maximum Gasteiger partial charge on any atom is 0.141 e. The molecule has 1 rings (SSSR count). The van der Waals surface area contributed by atoms with Crippen LogP contribution in [0.5, 0.6) is 0 Å². The molecule has 0 amide bonds. The Morgan fingerprint density at radius 3 is 3.00 bits per heavy atom. The fourth-order valence-corrected chi connectivity index (χ4v) is 1.30. The predicted molar refractivity (Wildman–Crippen MR) is 61.6 cm³/mol. The maximum atomic E-state index is 5.28. The van der Waals surface area contributed by atoms with E-state index in [0.29, 0.717) is 18.5 Å². The van der Waals surface area contributed by atoms with Crippen LogP contribution < -0.4 is 16.6 Å². The Labute approximate surface area is 90.0 Å². The third-order valence-electron chi connectivity index (χ3n) is 2.14. The van der Waals surface area contributed by atoms with Crippen LogP contribution in [0.25, 0.3) is 0 Å². The fourth-order valence-electron chi connectivity index (χ4n) is 1.30. The van der Waals surface area contributed by atoms with E-state index >= 15 is 0 Å². The first-order chi connectivity index (χ1) is 7.30. The number of aromatic nitrogens is 1. The molecule has 0 radical (unpaired) electrons. The van der Waals surface area contributed by atoms with Gasteiger partial charge in [0, 0.05) is 31.1 Å². The van der Waals surface area contributed by atoms with Gasteiger partial charge < -0.3 is 15.5 Å². The number of hydrogen-bond acceptors (Lipinski definition) is 5. The van der Waals surface area contributed by atoms with Crippen molar-refractivity contribution < 1.29 is 4.74 Å². The highest BCUT2D eigenvalue weighted by molar-refractivity contribution is 5.51. The quantitative estimate of drug-likeness (QED) is 0.486. The summed E-state index contributed by atoms with van der Waals surface area (Å²) in [7, 11) is 1.70. The number of methoxy groups -OCH3 is 1. The van der Waals surface area contributed by atoms with Gasteiger partial charge in [-0.2, -0.15) is 0 Å². The maximum absolute atomic E-state index is 5.28. The summed E-state index contributed by atoms with van der Waals surface area (Å²) in [6.07, 6.45) is 2.71. The molecule has 5 nitrogen and oxygen atoms in total. The average Bonchev–Trinajstić information content (AvgIpc) is 2.29. The molecule has 0 aliphatic rings. The van der Waals surface area contributed by atoms with Gasteiger partial charge in [0.25, 0.3) is 0 Å². The highest BCUT2D eigenvalue weighted by atomic mass is 16.5. The molecule has 15 heavy (non-hydrogen) atoms. The van der Waals surface area contributed by atoms with Gasteiger partial charge in [0.05, 0.1) is 6.61 Å². The molecule has 84 valence electrons. The summed E-state index contributed by atoms with van der Waals surface area (Å²) < 4.78 is 5.11. The van der Waals surface area contributed by atoms with Crippen LogP contribution in [0.1, 0.15) is 13.3 Å². The molecule has 1 aromatic rings. The van der Waals surface area contributed by atoms with E-state index in [-0.39, 0.29) is 0 Å². The molecular formula is C10H18N4O. The normalized spacial score (nSPS) is 12.2. The summed E-state index contributed by atoms with van der Waals surface area (Å²) in [6.45, 7) is 2.80. The second-order valence-corrected chi connectivity index (χ2v) is 3.28. The molecule has 0 spiro atoms. The molecule has 1 aromatic heterocycles. The number of ether oxygens (including phenoxy) is 1. The smallest absolute Gasteiger partial charge is 0.141 e. The molecule has 0 aromatic carbocycles. The van der Waals surface area contributed by atoms with Crippen LogP contribution >= 0.6 is 0 Å². The number of nitrogens with two attached hydrogens (primary N) is 1. The van der Waals surface area contributed by atoms with Crippen LogP contribution in [0.4, 0.5) is 11.5 Å². The van der Waals surface area contributed by atoms with E-state index in [1.54, 1.807) is 13.3 Å². The van der Waals surface area contributed by atoms with Crippen LogP contribution in [0, 0.1) is 0 Å². The number of anilines is 2. The Hall–Kier alpha value is -1.33. The van der Waals surface area contributed by atoms with Crippen molar-refractivity contribution in [3.8, 4) is 0 Å². The van der Waals surface area contributed by atoms with Crippen molar-refractivity contribution in [3.63, 3.8) is 0 Å². The molecule has 1 unspecified atom stereocenters. The zero-order valence-electron chi connectivity index (χ0n) is 9.16. The Kier molecular flexibility index (Phi) is 4.86. The molecule has 0 fully saturated rings. The summed E-state index contributed by atoms with van der Waals surface area (Å²) in [5.74, 6) is 5.92. The number of hydrogen-bond donors (Lipinski definition) is 3. The average molecular weight is 210 g/mol. The summed E-state index contributed by atoms with van der Waals surface area (Å²) in [6, 6.07) is 4.07. The molecule has 1 heterocycles. The third-order valence-corrected chi connectivity index (χ3v) is 2.14. The Balaban J connectivity index is 2.61. The van der Waals surface area contributed by atoms with Gasteiger partial charge in [-0.3, -0.25) is 0 Å². The monoisotopic (exact) mass is 210 g/mol. The van der Waals surface area contributed by atoms with Crippen molar-refractivity contribution >= 4 is 11.5 Å². The first-order valence-electron chi connectivity index (χ1n) is 4.98. The number of nitrogens with zero attached hydrogens (tertiary/aromatic N) is 1. The lowest BCUT2D eigenvalue weighted by Gasteiger charge is -2.17. The van der Waals surface area contributed by atoms with E-state index in [1.165, 1.54) is 0 Å². The van der Waals surface area contributed by atoms with Crippen LogP contribution in [0.2, 0.25) is 0 Å². The molecule has 5 heteroatoms. The minimum atomic E-state index is 0.308. The van der Waals surface area contributed by atoms with E-state index in [0.717, 1.165) is 12.1 Å². The van der Waals surface area contributed by atoms with Crippen molar-refractivity contribution in [1.29, 1.82) is 0 Å². The standard InChI is InChI=1S/C10H18N4O/c1-3-8(7-15-2)13-9-4-5-12-10(6-9)14-11/h4-6,8H,3,7,11H2,1-2H3,(H2,12,13,14). The summed E-state index contributed by atoms with van der Waals surface area (Å²) in [5.41, 5.74) is 3.50. The number of pyridine rings is 1. The van der Waals surface area contributed by atoms with E-state index in [1.807, 2.05) is 12.1 Å². The van der Waals surface area contributed by atoms with Gasteiger partial charge in [-0.05, 0) is 12.5 Å². The van der Waals surface area contributed by atoms with Crippen LogP contribution in [-0.4, -0.2) is 24.7 Å². The predicted octanol–water partition coefficient (Wildman–Crippen LogP) is 1.20. The molecule has 0 saturated heterocycles. The van der Waals surface area contributed by atoms with Gasteiger partial charge in [-0.25, -0.2) is 10.8 Å². The molecule has 4 N–H and O–H groups in total. The lowest BCUT2D eigenvalue weighted by molar-refractivity contribution is 0.184. The van der Waals surface area contributed by atoms with Crippen LogP contribution in [-0.2, 0) is 4.74 Å². The Morgan fingerprint density at radius 1 is 1.60 bits per heavy atom. The number of nitrogen functional groups attached to an aromatic ring is 1. The Morgan fingerprint density at radius 2 is 2.40 bits per heavy atom. The summed E-state index contributed by atoms with van der Waals surface area (Å²) >= 11 is 0. The van der Waals surface area contributed by atoms with E-state index < -0.39 is 0 Å². The van der Waals surface area contributed by atoms with Crippen molar-refractivity contribution in [1.82, 2.24) is 4.98 Å². The minimum absolute atomic E-state index is 0.308.